The van der Waals surface area contributed by atoms with E-state index in [4.69, 9.17) is 0 Å². The molecule has 2 heterocycles. The molecule has 1 N–H and O–H groups in total. The summed E-state index contributed by atoms with van der Waals surface area (Å²) in [6.07, 6.45) is 4.25. The monoisotopic (exact) mass is 345 g/mol. The molecule has 4 nitrogen and oxygen atoms in total. The Bertz CT molecular complexity index is 483. The van der Waals surface area contributed by atoms with E-state index in [0.29, 0.717) is 10.4 Å². The zero-order valence-corrected chi connectivity index (χ0v) is 13.8. The predicted octanol–water partition coefficient (Wildman–Crippen LogP) is 3.14. The lowest BCUT2D eigenvalue weighted by atomic mass is 10.0. The van der Waals surface area contributed by atoms with Crippen molar-refractivity contribution >= 4 is 33.4 Å². The van der Waals surface area contributed by atoms with Gasteiger partial charge in [0.05, 0.1) is 17.9 Å². The zero-order chi connectivity index (χ0) is 13.8. The van der Waals surface area contributed by atoms with Crippen LogP contribution in [0.5, 0.6) is 0 Å². The highest BCUT2D eigenvalue weighted by Crippen LogP contribution is 2.24. The molecule has 0 aromatic carbocycles. The van der Waals surface area contributed by atoms with Crippen molar-refractivity contribution in [2.24, 2.45) is 5.92 Å². The van der Waals surface area contributed by atoms with Gasteiger partial charge >= 0.3 is 0 Å². The van der Waals surface area contributed by atoms with E-state index < -0.39 is 0 Å². The van der Waals surface area contributed by atoms with Gasteiger partial charge in [-0.25, -0.2) is 4.68 Å². The average molecular weight is 346 g/mol. The van der Waals surface area contributed by atoms with Gasteiger partial charge in [0, 0.05) is 6.54 Å². The minimum absolute atomic E-state index is 0.0702. The lowest BCUT2D eigenvalue weighted by Crippen LogP contribution is -2.27. The van der Waals surface area contributed by atoms with Crippen LogP contribution in [0.3, 0.4) is 0 Å². The molecule has 0 amide bonds. The van der Waals surface area contributed by atoms with Crippen LogP contribution in [0.25, 0.3) is 0 Å². The van der Waals surface area contributed by atoms with Gasteiger partial charge in [0.1, 0.15) is 4.47 Å². The summed E-state index contributed by atoms with van der Waals surface area (Å²) < 4.78 is 2.08. The number of hydrogen-bond acceptors (Lipinski definition) is 4. The number of hydrogen-bond donors (Lipinski definition) is 1. The third-order valence-electron chi connectivity index (χ3n) is 3.35. The van der Waals surface area contributed by atoms with E-state index in [0.717, 1.165) is 12.2 Å². The van der Waals surface area contributed by atoms with Crippen molar-refractivity contribution in [3.05, 3.63) is 21.0 Å². The first-order valence-electron chi connectivity index (χ1n) is 6.68. The maximum Gasteiger partial charge on any atom is 0.283 e. The summed E-state index contributed by atoms with van der Waals surface area (Å²) in [7, 11) is 0. The number of nitrogens with one attached hydrogen (secondary N) is 1. The molecule has 2 rings (SSSR count). The second-order valence-corrected chi connectivity index (χ2v) is 7.17. The van der Waals surface area contributed by atoms with Crippen molar-refractivity contribution in [2.75, 3.05) is 23.4 Å². The van der Waals surface area contributed by atoms with E-state index in [9.17, 15) is 4.79 Å². The highest BCUT2D eigenvalue weighted by atomic mass is 79.9. The molecule has 0 atom stereocenters. The van der Waals surface area contributed by atoms with Crippen molar-refractivity contribution in [1.29, 1.82) is 0 Å². The van der Waals surface area contributed by atoms with Crippen LogP contribution in [0, 0.1) is 5.92 Å². The molecular weight excluding hydrogens is 326 g/mol. The first-order chi connectivity index (χ1) is 9.09. The Balaban J connectivity index is 2.04. The molecule has 106 valence electrons. The van der Waals surface area contributed by atoms with E-state index in [1.54, 1.807) is 6.20 Å². The summed E-state index contributed by atoms with van der Waals surface area (Å²) in [6.45, 7) is 4.83. The number of halogens is 1. The minimum atomic E-state index is -0.0702. The third-order valence-corrected chi connectivity index (χ3v) is 5.17. The molecule has 0 spiro atoms. The molecule has 0 unspecified atom stereocenters. The SMILES string of the molecule is CC(C)n1ncc(NCC2CCSCC2)c(Br)c1=O. The molecule has 1 aromatic heterocycles. The van der Waals surface area contributed by atoms with Crippen LogP contribution in [0.1, 0.15) is 32.7 Å². The molecule has 1 fully saturated rings. The summed E-state index contributed by atoms with van der Waals surface area (Å²) in [5.41, 5.74) is 0.735. The van der Waals surface area contributed by atoms with Gasteiger partial charge in [-0.2, -0.15) is 16.9 Å². The highest BCUT2D eigenvalue weighted by Gasteiger charge is 2.15. The van der Waals surface area contributed by atoms with Crippen LogP contribution in [0.4, 0.5) is 5.69 Å². The first kappa shape index (κ1) is 14.9. The van der Waals surface area contributed by atoms with E-state index in [-0.39, 0.29) is 11.6 Å². The normalized spacial score (nSPS) is 16.8. The predicted molar refractivity (Wildman–Crippen MR) is 85.1 cm³/mol. The van der Waals surface area contributed by atoms with E-state index in [1.165, 1.54) is 29.0 Å². The van der Waals surface area contributed by atoms with E-state index in [1.807, 2.05) is 25.6 Å². The molecule has 1 aliphatic rings. The molecule has 0 radical (unpaired) electrons. The van der Waals surface area contributed by atoms with Gasteiger partial charge in [0.2, 0.25) is 0 Å². The average Bonchev–Trinajstić information content (AvgIpc) is 2.41. The summed E-state index contributed by atoms with van der Waals surface area (Å²) in [4.78, 5) is 12.1. The highest BCUT2D eigenvalue weighted by molar-refractivity contribution is 9.10. The Morgan fingerprint density at radius 2 is 2.21 bits per heavy atom. The molecule has 1 saturated heterocycles. The summed E-state index contributed by atoms with van der Waals surface area (Å²) in [5, 5.41) is 7.57. The van der Waals surface area contributed by atoms with Gasteiger partial charge in [-0.3, -0.25) is 4.79 Å². The molecule has 0 bridgehead atoms. The van der Waals surface area contributed by atoms with Crippen molar-refractivity contribution < 1.29 is 0 Å². The van der Waals surface area contributed by atoms with Crippen molar-refractivity contribution in [3.8, 4) is 0 Å². The molecule has 1 aromatic rings. The number of nitrogens with zero attached hydrogens (tertiary/aromatic N) is 2. The van der Waals surface area contributed by atoms with Crippen molar-refractivity contribution in [2.45, 2.75) is 32.7 Å². The second kappa shape index (κ2) is 6.79. The quantitative estimate of drug-likeness (QED) is 0.910. The topological polar surface area (TPSA) is 46.9 Å². The molecule has 0 aliphatic carbocycles. The van der Waals surface area contributed by atoms with Gasteiger partial charge in [-0.1, -0.05) is 0 Å². The second-order valence-electron chi connectivity index (χ2n) is 5.15. The largest absolute Gasteiger partial charge is 0.382 e. The molecule has 6 heteroatoms. The van der Waals surface area contributed by atoms with Crippen LogP contribution in [-0.2, 0) is 0 Å². The Kier molecular flexibility index (Phi) is 5.33. The number of thioether (sulfide) groups is 1. The number of anilines is 1. The maximum absolute atomic E-state index is 12.1. The smallest absolute Gasteiger partial charge is 0.283 e. The Morgan fingerprint density at radius 1 is 1.53 bits per heavy atom. The van der Waals surface area contributed by atoms with Crippen LogP contribution >= 0.6 is 27.7 Å². The van der Waals surface area contributed by atoms with E-state index >= 15 is 0 Å². The van der Waals surface area contributed by atoms with Crippen molar-refractivity contribution in [1.82, 2.24) is 9.78 Å². The third kappa shape index (κ3) is 3.75. The van der Waals surface area contributed by atoms with Crippen LogP contribution < -0.4 is 10.9 Å². The Morgan fingerprint density at radius 3 is 2.84 bits per heavy atom. The molecule has 0 saturated carbocycles. The van der Waals surface area contributed by atoms with Crippen molar-refractivity contribution in [3.63, 3.8) is 0 Å². The minimum Gasteiger partial charge on any atom is -0.382 e. The lowest BCUT2D eigenvalue weighted by Gasteiger charge is -2.22. The summed E-state index contributed by atoms with van der Waals surface area (Å²) >= 11 is 5.41. The van der Waals surface area contributed by atoms with Gasteiger partial charge in [-0.15, -0.1) is 0 Å². The maximum atomic E-state index is 12.1. The number of rotatable bonds is 4. The Hall–Kier alpha value is -0.490. The van der Waals surface area contributed by atoms with Crippen LogP contribution in [0.2, 0.25) is 0 Å². The van der Waals surface area contributed by atoms with Crippen LogP contribution in [0.15, 0.2) is 15.5 Å². The van der Waals surface area contributed by atoms with Gasteiger partial charge < -0.3 is 5.32 Å². The van der Waals surface area contributed by atoms with Crippen LogP contribution in [-0.4, -0.2) is 27.8 Å². The van der Waals surface area contributed by atoms with Gasteiger partial charge in [0.25, 0.3) is 5.56 Å². The molecule has 19 heavy (non-hydrogen) atoms. The first-order valence-corrected chi connectivity index (χ1v) is 8.63. The number of aromatic nitrogens is 2. The summed E-state index contributed by atoms with van der Waals surface area (Å²) in [6, 6.07) is 0.0771. The molecular formula is C13H20BrN3OS. The fourth-order valence-corrected chi connectivity index (χ4v) is 3.77. The fourth-order valence-electron chi connectivity index (χ4n) is 2.14. The summed E-state index contributed by atoms with van der Waals surface area (Å²) in [5.74, 6) is 3.21. The standard InChI is InChI=1S/C13H20BrN3OS/c1-9(2)17-13(18)12(14)11(8-16-17)15-7-10-3-5-19-6-4-10/h8-10,15H,3-7H2,1-2H3. The Labute approximate surface area is 126 Å². The molecule has 1 aliphatic heterocycles. The van der Waals surface area contributed by atoms with Gasteiger partial charge in [-0.05, 0) is 60.0 Å². The van der Waals surface area contributed by atoms with E-state index in [2.05, 4.69) is 26.3 Å². The van der Waals surface area contributed by atoms with Gasteiger partial charge in [0.15, 0.2) is 0 Å². The zero-order valence-electron chi connectivity index (χ0n) is 11.4. The lowest BCUT2D eigenvalue weighted by molar-refractivity contribution is 0.498. The fraction of sp³-hybridized carbons (Fsp3) is 0.692.